The molecule has 0 aromatic heterocycles. The average molecular weight is 289 g/mol. The number of hydrogen-bond acceptors (Lipinski definition) is 3. The Morgan fingerprint density at radius 3 is 2.33 bits per heavy atom. The molecule has 2 rings (SSSR count). The minimum Gasteiger partial charge on any atom is -0.352 e. The lowest BCUT2D eigenvalue weighted by molar-refractivity contribution is -0.123. The van der Waals surface area contributed by atoms with Crippen molar-refractivity contribution in [2.45, 2.75) is 51.2 Å². The van der Waals surface area contributed by atoms with Gasteiger partial charge >= 0.3 is 0 Å². The second kappa shape index (κ2) is 6.58. The molecule has 4 nitrogen and oxygen atoms in total. The molecule has 0 aliphatic carbocycles. The molecule has 1 heterocycles. The van der Waals surface area contributed by atoms with Crippen LogP contribution in [-0.4, -0.2) is 35.5 Å². The monoisotopic (exact) mass is 289 g/mol. The van der Waals surface area contributed by atoms with Crippen molar-refractivity contribution < 1.29 is 4.79 Å². The van der Waals surface area contributed by atoms with E-state index in [0.717, 1.165) is 31.5 Å². The molecule has 0 bridgehead atoms. The highest BCUT2D eigenvalue weighted by atomic mass is 16.2. The summed E-state index contributed by atoms with van der Waals surface area (Å²) in [5.74, 6) is -0.0737. The zero-order valence-corrected chi connectivity index (χ0v) is 13.3. The van der Waals surface area contributed by atoms with Crippen LogP contribution < -0.4 is 11.1 Å². The first-order valence-electron chi connectivity index (χ1n) is 7.74. The lowest BCUT2D eigenvalue weighted by atomic mass is 9.97. The highest BCUT2D eigenvalue weighted by Gasteiger charge is 2.28. The van der Waals surface area contributed by atoms with E-state index in [0.29, 0.717) is 0 Å². The van der Waals surface area contributed by atoms with Crippen LogP contribution in [0.1, 0.15) is 45.2 Å². The predicted octanol–water partition coefficient (Wildman–Crippen LogP) is 2.07. The van der Waals surface area contributed by atoms with Crippen molar-refractivity contribution in [1.82, 2.24) is 10.2 Å². The number of rotatable bonds is 3. The Morgan fingerprint density at radius 1 is 1.24 bits per heavy atom. The summed E-state index contributed by atoms with van der Waals surface area (Å²) in [6.45, 7) is 8.75. The molecule has 1 aliphatic rings. The number of amides is 1. The van der Waals surface area contributed by atoms with Crippen molar-refractivity contribution in [3.05, 3.63) is 35.9 Å². The van der Waals surface area contributed by atoms with Crippen LogP contribution in [-0.2, 0) is 4.79 Å². The fourth-order valence-corrected chi connectivity index (χ4v) is 2.80. The molecule has 0 saturated carbocycles. The van der Waals surface area contributed by atoms with Crippen molar-refractivity contribution in [3.8, 4) is 0 Å². The van der Waals surface area contributed by atoms with E-state index < -0.39 is 6.04 Å². The number of piperidine rings is 1. The summed E-state index contributed by atoms with van der Waals surface area (Å²) in [6.07, 6.45) is 1.98. The number of nitrogens with zero attached hydrogens (tertiary/aromatic N) is 1. The maximum atomic E-state index is 12.2. The third-order valence-corrected chi connectivity index (χ3v) is 4.23. The third kappa shape index (κ3) is 4.29. The van der Waals surface area contributed by atoms with E-state index in [1.54, 1.807) is 0 Å². The molecule has 1 aromatic rings. The first-order valence-corrected chi connectivity index (χ1v) is 7.74. The van der Waals surface area contributed by atoms with Gasteiger partial charge in [-0.2, -0.15) is 0 Å². The van der Waals surface area contributed by atoms with Crippen LogP contribution in [0.4, 0.5) is 0 Å². The Bertz CT molecular complexity index is 459. The van der Waals surface area contributed by atoms with E-state index in [2.05, 4.69) is 31.0 Å². The minimum atomic E-state index is -0.577. The molecule has 1 amide bonds. The van der Waals surface area contributed by atoms with Crippen LogP contribution in [0.2, 0.25) is 0 Å². The second-order valence-corrected chi connectivity index (χ2v) is 6.83. The van der Waals surface area contributed by atoms with Crippen LogP contribution in [0, 0.1) is 0 Å². The second-order valence-electron chi connectivity index (χ2n) is 6.83. The Kier molecular flexibility index (Phi) is 5.01. The molecule has 1 aromatic carbocycles. The Hall–Kier alpha value is -1.39. The van der Waals surface area contributed by atoms with Gasteiger partial charge in [-0.15, -0.1) is 0 Å². The van der Waals surface area contributed by atoms with E-state index in [4.69, 9.17) is 5.73 Å². The first-order chi connectivity index (χ1) is 9.88. The lowest BCUT2D eigenvalue weighted by Crippen LogP contribution is -2.51. The number of carbonyl (C=O) groups excluding carboxylic acids is 1. The SMILES string of the molecule is CC(C)(C)N1CCC(NC(=O)[C@H](N)c2ccccc2)CC1. The van der Waals surface area contributed by atoms with Crippen LogP contribution in [0.3, 0.4) is 0 Å². The fourth-order valence-electron chi connectivity index (χ4n) is 2.80. The van der Waals surface area contributed by atoms with Gasteiger partial charge in [0.25, 0.3) is 0 Å². The quantitative estimate of drug-likeness (QED) is 0.895. The molecule has 4 heteroatoms. The standard InChI is InChI=1S/C17H27N3O/c1-17(2,3)20-11-9-14(10-12-20)19-16(21)15(18)13-7-5-4-6-8-13/h4-8,14-15H,9-12,18H2,1-3H3,(H,19,21)/t15-/m1/s1. The zero-order valence-electron chi connectivity index (χ0n) is 13.3. The zero-order chi connectivity index (χ0) is 15.5. The van der Waals surface area contributed by atoms with Gasteiger partial charge in [-0.25, -0.2) is 0 Å². The van der Waals surface area contributed by atoms with Gasteiger partial charge < -0.3 is 11.1 Å². The van der Waals surface area contributed by atoms with E-state index in [1.165, 1.54) is 0 Å². The van der Waals surface area contributed by atoms with E-state index >= 15 is 0 Å². The van der Waals surface area contributed by atoms with Gasteiger partial charge in [0.15, 0.2) is 0 Å². The predicted molar refractivity (Wildman–Crippen MR) is 85.9 cm³/mol. The number of nitrogens with two attached hydrogens (primary N) is 1. The topological polar surface area (TPSA) is 58.4 Å². The number of carbonyl (C=O) groups is 1. The Morgan fingerprint density at radius 2 is 1.81 bits per heavy atom. The van der Waals surface area contributed by atoms with E-state index in [1.807, 2.05) is 30.3 Å². The Balaban J connectivity index is 1.85. The highest BCUT2D eigenvalue weighted by Crippen LogP contribution is 2.20. The number of benzene rings is 1. The van der Waals surface area contributed by atoms with Gasteiger partial charge in [-0.05, 0) is 39.2 Å². The Labute approximate surface area is 127 Å². The lowest BCUT2D eigenvalue weighted by Gasteiger charge is -2.41. The smallest absolute Gasteiger partial charge is 0.241 e. The maximum absolute atomic E-state index is 12.2. The van der Waals surface area contributed by atoms with E-state index in [9.17, 15) is 4.79 Å². The van der Waals surface area contributed by atoms with E-state index in [-0.39, 0.29) is 17.5 Å². The van der Waals surface area contributed by atoms with Gasteiger partial charge in [-0.1, -0.05) is 30.3 Å². The third-order valence-electron chi connectivity index (χ3n) is 4.23. The number of hydrogen-bond donors (Lipinski definition) is 2. The summed E-state index contributed by atoms with van der Waals surface area (Å²) in [5, 5.41) is 3.10. The molecule has 0 radical (unpaired) electrons. The first kappa shape index (κ1) is 16.0. The average Bonchev–Trinajstić information content (AvgIpc) is 2.47. The molecule has 116 valence electrons. The molecule has 1 saturated heterocycles. The van der Waals surface area contributed by atoms with Crippen LogP contribution in [0.5, 0.6) is 0 Å². The summed E-state index contributed by atoms with van der Waals surface area (Å²) in [7, 11) is 0. The largest absolute Gasteiger partial charge is 0.352 e. The van der Waals surface area contributed by atoms with Gasteiger partial charge in [0.2, 0.25) is 5.91 Å². The van der Waals surface area contributed by atoms with Crippen LogP contribution in [0.15, 0.2) is 30.3 Å². The summed E-state index contributed by atoms with van der Waals surface area (Å²) in [6, 6.07) is 9.20. The molecule has 1 aliphatic heterocycles. The van der Waals surface area contributed by atoms with Gasteiger partial charge in [-0.3, -0.25) is 9.69 Å². The molecular weight excluding hydrogens is 262 g/mol. The van der Waals surface area contributed by atoms with Crippen LogP contribution in [0.25, 0.3) is 0 Å². The molecule has 0 unspecified atom stereocenters. The normalized spacial score (nSPS) is 19.2. The highest BCUT2D eigenvalue weighted by molar-refractivity contribution is 5.83. The summed E-state index contributed by atoms with van der Waals surface area (Å²) in [5.41, 5.74) is 7.10. The van der Waals surface area contributed by atoms with Gasteiger partial charge in [0.1, 0.15) is 6.04 Å². The maximum Gasteiger partial charge on any atom is 0.241 e. The van der Waals surface area contributed by atoms with Crippen molar-refractivity contribution in [3.63, 3.8) is 0 Å². The fraction of sp³-hybridized carbons (Fsp3) is 0.588. The van der Waals surface area contributed by atoms with Gasteiger partial charge in [0.05, 0.1) is 0 Å². The van der Waals surface area contributed by atoms with Crippen molar-refractivity contribution in [2.75, 3.05) is 13.1 Å². The minimum absolute atomic E-state index is 0.0737. The molecule has 1 fully saturated rings. The molecule has 3 N–H and O–H groups in total. The number of nitrogens with one attached hydrogen (secondary N) is 1. The van der Waals surface area contributed by atoms with Crippen LogP contribution >= 0.6 is 0 Å². The van der Waals surface area contributed by atoms with Crippen molar-refractivity contribution >= 4 is 5.91 Å². The molecule has 0 spiro atoms. The summed E-state index contributed by atoms with van der Waals surface area (Å²) in [4.78, 5) is 14.7. The summed E-state index contributed by atoms with van der Waals surface area (Å²) < 4.78 is 0. The van der Waals surface area contributed by atoms with Gasteiger partial charge in [0, 0.05) is 24.7 Å². The number of likely N-dealkylation sites (tertiary alicyclic amines) is 1. The molecule has 21 heavy (non-hydrogen) atoms. The van der Waals surface area contributed by atoms with Crippen molar-refractivity contribution in [2.24, 2.45) is 5.73 Å². The summed E-state index contributed by atoms with van der Waals surface area (Å²) >= 11 is 0. The molecule has 1 atom stereocenters. The van der Waals surface area contributed by atoms with Crippen molar-refractivity contribution in [1.29, 1.82) is 0 Å². The molecular formula is C17H27N3O.